The Morgan fingerprint density at radius 1 is 1.08 bits per heavy atom. The van der Waals surface area contributed by atoms with Gasteiger partial charge in [-0.3, -0.25) is 9.59 Å². The van der Waals surface area contributed by atoms with E-state index in [1.54, 1.807) is 12.1 Å². The van der Waals surface area contributed by atoms with E-state index in [-0.39, 0.29) is 18.7 Å². The number of carbonyl (C=O) groups is 2. The van der Waals surface area contributed by atoms with Gasteiger partial charge in [-0.15, -0.1) is 5.10 Å². The molecule has 0 bridgehead atoms. The number of piperazine rings is 1. The smallest absolute Gasteiger partial charge is 0.369 e. The van der Waals surface area contributed by atoms with Gasteiger partial charge in [0.15, 0.2) is 5.82 Å². The van der Waals surface area contributed by atoms with Crippen molar-refractivity contribution in [1.82, 2.24) is 15.1 Å². The molecule has 7 nitrogen and oxygen atoms in total. The molecule has 2 fully saturated rings. The van der Waals surface area contributed by atoms with E-state index < -0.39 is 29.5 Å². The molecule has 1 aromatic heterocycles. The zero-order valence-electron chi connectivity index (χ0n) is 19.6. The number of anilines is 1. The second-order valence-corrected chi connectivity index (χ2v) is 11.6. The van der Waals surface area contributed by atoms with E-state index in [0.29, 0.717) is 36.3 Å². The third kappa shape index (κ3) is 6.44. The zero-order chi connectivity index (χ0) is 25.7. The van der Waals surface area contributed by atoms with Crippen molar-refractivity contribution in [3.05, 3.63) is 53.2 Å². The number of carbonyl (C=O) groups excluding carboxylic acids is 2. The lowest BCUT2D eigenvalue weighted by atomic mass is 9.96. The van der Waals surface area contributed by atoms with Crippen LogP contribution in [0.2, 0.25) is 0 Å². The van der Waals surface area contributed by atoms with Gasteiger partial charge in [-0.05, 0) is 43.5 Å². The summed E-state index contributed by atoms with van der Waals surface area (Å²) in [6.07, 6.45) is -0.834. The van der Waals surface area contributed by atoms with E-state index in [9.17, 15) is 22.8 Å². The molecule has 2 saturated heterocycles. The summed E-state index contributed by atoms with van der Waals surface area (Å²) in [6, 6.07) is 8.38. The van der Waals surface area contributed by atoms with Crippen LogP contribution in [0.3, 0.4) is 0 Å². The number of amides is 2. The lowest BCUT2D eigenvalue weighted by Gasteiger charge is -2.35. The van der Waals surface area contributed by atoms with Crippen LogP contribution in [0, 0.1) is 0 Å². The molecule has 1 aromatic carbocycles. The summed E-state index contributed by atoms with van der Waals surface area (Å²) in [6.45, 7) is 1.33. The highest BCUT2D eigenvalue weighted by Gasteiger charge is 2.36. The van der Waals surface area contributed by atoms with E-state index in [1.165, 1.54) is 35.3 Å². The molecule has 2 aromatic rings. The third-order valence-corrected chi connectivity index (χ3v) is 9.48. The Labute approximate surface area is 215 Å². The highest BCUT2D eigenvalue weighted by Crippen LogP contribution is 2.40. The maximum absolute atomic E-state index is 13.3. The molecule has 2 unspecified atom stereocenters. The van der Waals surface area contributed by atoms with Gasteiger partial charge in [-0.2, -0.15) is 18.3 Å². The Morgan fingerprint density at radius 3 is 2.44 bits per heavy atom. The maximum Gasteiger partial charge on any atom is 0.417 e. The van der Waals surface area contributed by atoms with Crippen molar-refractivity contribution in [2.24, 2.45) is 5.73 Å². The van der Waals surface area contributed by atoms with E-state index in [2.05, 4.69) is 10.2 Å². The van der Waals surface area contributed by atoms with Gasteiger partial charge in [0.2, 0.25) is 5.91 Å². The summed E-state index contributed by atoms with van der Waals surface area (Å²) in [4.78, 5) is 28.2. The Morgan fingerprint density at radius 2 is 1.83 bits per heavy atom. The van der Waals surface area contributed by atoms with Gasteiger partial charge < -0.3 is 15.5 Å². The van der Waals surface area contributed by atoms with Gasteiger partial charge in [0, 0.05) is 37.2 Å². The molecule has 0 spiro atoms. The minimum atomic E-state index is -4.59. The van der Waals surface area contributed by atoms with Gasteiger partial charge >= 0.3 is 6.18 Å². The molecule has 0 saturated carbocycles. The minimum absolute atomic E-state index is 0.260. The third-order valence-electron chi connectivity index (χ3n) is 6.47. The standard InChI is InChI=1S/C24H28F3N5O2S2/c25-24(26,27)19-7-2-1-5-17(19)23(34)32-13-11-31(12-14-32)21-9-8-20(29-30-21)18(22(28)33)6-3-4-16-10-15-35-36-16/h1-2,5,7-9,16,18H,3-4,6,10-15H2,(H2,28,33). The minimum Gasteiger partial charge on any atom is -0.369 e. The Hall–Kier alpha value is -2.47. The number of hydrogen-bond donors (Lipinski definition) is 1. The fourth-order valence-electron chi connectivity index (χ4n) is 4.47. The summed E-state index contributed by atoms with van der Waals surface area (Å²) in [5, 5.41) is 9.16. The van der Waals surface area contributed by atoms with Crippen LogP contribution in [-0.2, 0) is 11.0 Å². The summed E-state index contributed by atoms with van der Waals surface area (Å²) in [7, 11) is 3.80. The van der Waals surface area contributed by atoms with Crippen LogP contribution in [0.5, 0.6) is 0 Å². The molecule has 4 rings (SSSR count). The van der Waals surface area contributed by atoms with Crippen molar-refractivity contribution >= 4 is 39.2 Å². The topological polar surface area (TPSA) is 92.4 Å². The second-order valence-electron chi connectivity index (χ2n) is 8.85. The van der Waals surface area contributed by atoms with Crippen LogP contribution in [-0.4, -0.2) is 64.1 Å². The Balaban J connectivity index is 1.34. The highest BCUT2D eigenvalue weighted by atomic mass is 33.1. The zero-order valence-corrected chi connectivity index (χ0v) is 21.2. The molecule has 0 aliphatic carbocycles. The summed E-state index contributed by atoms with van der Waals surface area (Å²) >= 11 is 0. The molecule has 2 N–H and O–H groups in total. The normalized spacial score (nSPS) is 19.4. The average Bonchev–Trinajstić information content (AvgIpc) is 3.39. The molecule has 2 amide bonds. The number of aromatic nitrogens is 2. The van der Waals surface area contributed by atoms with Crippen molar-refractivity contribution in [3.63, 3.8) is 0 Å². The van der Waals surface area contributed by atoms with Crippen LogP contribution in [0.4, 0.5) is 19.0 Å². The van der Waals surface area contributed by atoms with Crippen molar-refractivity contribution in [1.29, 1.82) is 0 Å². The number of nitrogens with zero attached hydrogens (tertiary/aromatic N) is 4. The predicted molar refractivity (Wildman–Crippen MR) is 136 cm³/mol. The predicted octanol–water partition coefficient (Wildman–Crippen LogP) is 4.35. The Kier molecular flexibility index (Phi) is 8.66. The average molecular weight is 540 g/mol. The van der Waals surface area contributed by atoms with Gasteiger partial charge in [-0.25, -0.2) is 0 Å². The second kappa shape index (κ2) is 11.7. The van der Waals surface area contributed by atoms with Crippen molar-refractivity contribution in [2.45, 2.75) is 43.0 Å². The number of benzene rings is 1. The largest absolute Gasteiger partial charge is 0.417 e. The van der Waals surface area contributed by atoms with Crippen molar-refractivity contribution in [2.75, 3.05) is 36.8 Å². The maximum atomic E-state index is 13.3. The summed E-state index contributed by atoms with van der Waals surface area (Å²) < 4.78 is 39.9. The monoisotopic (exact) mass is 539 g/mol. The first kappa shape index (κ1) is 26.6. The van der Waals surface area contributed by atoms with E-state index in [1.807, 2.05) is 26.5 Å². The molecule has 12 heteroatoms. The van der Waals surface area contributed by atoms with E-state index in [0.717, 1.165) is 18.9 Å². The van der Waals surface area contributed by atoms with Crippen LogP contribution in [0.1, 0.15) is 53.2 Å². The number of primary amides is 1. The summed E-state index contributed by atoms with van der Waals surface area (Å²) in [5.74, 6) is 0.211. The number of alkyl halides is 3. The SMILES string of the molecule is NC(=O)C(CCCC1CCSS1)c1ccc(N2CCN(C(=O)c3ccccc3C(F)(F)F)CC2)nn1. The fraction of sp³-hybridized carbons (Fsp3) is 0.500. The van der Waals surface area contributed by atoms with Crippen LogP contribution in [0.15, 0.2) is 36.4 Å². The number of nitrogens with two attached hydrogens (primary N) is 1. The van der Waals surface area contributed by atoms with Gasteiger partial charge in [0.1, 0.15) is 0 Å². The number of hydrogen-bond acceptors (Lipinski definition) is 7. The van der Waals surface area contributed by atoms with Gasteiger partial charge in [0.05, 0.1) is 22.7 Å². The molecular weight excluding hydrogens is 511 g/mol. The lowest BCUT2D eigenvalue weighted by molar-refractivity contribution is -0.138. The van der Waals surface area contributed by atoms with Crippen LogP contribution < -0.4 is 10.6 Å². The van der Waals surface area contributed by atoms with E-state index >= 15 is 0 Å². The highest BCUT2D eigenvalue weighted by molar-refractivity contribution is 8.77. The summed E-state index contributed by atoms with van der Waals surface area (Å²) in [5.41, 5.74) is 4.91. The first-order valence-corrected chi connectivity index (χ1v) is 14.2. The number of rotatable bonds is 8. The Bertz CT molecular complexity index is 1060. The molecule has 3 heterocycles. The first-order chi connectivity index (χ1) is 17.2. The van der Waals surface area contributed by atoms with Crippen molar-refractivity contribution in [3.8, 4) is 0 Å². The molecule has 2 aliphatic rings. The first-order valence-electron chi connectivity index (χ1n) is 11.9. The van der Waals surface area contributed by atoms with E-state index in [4.69, 9.17) is 5.73 Å². The van der Waals surface area contributed by atoms with Gasteiger partial charge in [-0.1, -0.05) is 40.1 Å². The fourth-order valence-corrected chi connectivity index (χ4v) is 7.49. The van der Waals surface area contributed by atoms with Gasteiger partial charge in [0.25, 0.3) is 5.91 Å². The molecule has 2 aliphatic heterocycles. The molecule has 0 radical (unpaired) electrons. The quantitative estimate of drug-likeness (QED) is 0.499. The van der Waals surface area contributed by atoms with Crippen molar-refractivity contribution < 1.29 is 22.8 Å². The molecule has 36 heavy (non-hydrogen) atoms. The molecule has 2 atom stereocenters. The van der Waals surface area contributed by atoms with Crippen LogP contribution in [0.25, 0.3) is 0 Å². The molecular formula is C24H28F3N5O2S2. The molecule has 194 valence electrons. The lowest BCUT2D eigenvalue weighted by Crippen LogP contribution is -2.49. The number of halogens is 3. The van der Waals surface area contributed by atoms with Crippen LogP contribution >= 0.6 is 21.6 Å².